The fourth-order valence-corrected chi connectivity index (χ4v) is 4.20. The van der Waals surface area contributed by atoms with Crippen molar-refractivity contribution < 1.29 is 83.2 Å². The van der Waals surface area contributed by atoms with Gasteiger partial charge in [0.15, 0.2) is 0 Å². The summed E-state index contributed by atoms with van der Waals surface area (Å²) in [5, 5.41) is 11.3. The molecule has 6 nitrogen and oxygen atoms in total. The van der Waals surface area contributed by atoms with Crippen molar-refractivity contribution in [2.24, 2.45) is 0 Å². The van der Waals surface area contributed by atoms with Crippen molar-refractivity contribution >= 4 is 29.4 Å². The maximum atomic E-state index is 14.7. The molecular formula is C27H27ClCsFN4O2. The number of aromatic nitrogens is 1. The van der Waals surface area contributed by atoms with Gasteiger partial charge >= 0.3 is 68.9 Å². The molecule has 1 aliphatic heterocycles. The second-order valence-electron chi connectivity index (χ2n) is 8.24. The summed E-state index contributed by atoms with van der Waals surface area (Å²) in [5.41, 5.74) is 3.08. The van der Waals surface area contributed by atoms with E-state index in [1.54, 1.807) is 49.6 Å². The van der Waals surface area contributed by atoms with Crippen molar-refractivity contribution in [1.29, 1.82) is 0 Å². The molecule has 0 radical (unpaired) electrons. The average Bonchev–Trinajstić information content (AvgIpc) is 3.36. The number of benzene rings is 2. The first-order valence-electron chi connectivity index (χ1n) is 10.8. The normalized spacial score (nSPS) is 12.1. The van der Waals surface area contributed by atoms with Crippen molar-refractivity contribution in [3.8, 4) is 40.1 Å². The molecule has 3 aromatic rings. The molecule has 1 aromatic heterocycles. The Morgan fingerprint density at radius 2 is 1.72 bits per heavy atom. The molecule has 36 heavy (non-hydrogen) atoms. The summed E-state index contributed by atoms with van der Waals surface area (Å²) in [6.07, 6.45) is 6.20. The van der Waals surface area contributed by atoms with Crippen molar-refractivity contribution in [1.82, 2.24) is 9.88 Å². The fourth-order valence-electron chi connectivity index (χ4n) is 3.93. The number of carbonyl (C=O) groups is 1. The number of nitrogens with zero attached hydrogens (tertiary/aromatic N) is 4. The smallest absolute Gasteiger partial charge is 0.507 e. The molecule has 1 N–H and O–H groups in total. The Labute approximate surface area is 275 Å². The van der Waals surface area contributed by atoms with E-state index in [-0.39, 0.29) is 92.7 Å². The van der Waals surface area contributed by atoms with Gasteiger partial charge in [0.05, 0.1) is 22.6 Å². The van der Waals surface area contributed by atoms with Crippen LogP contribution in [0.4, 0.5) is 15.8 Å². The van der Waals surface area contributed by atoms with E-state index in [1.807, 2.05) is 6.07 Å². The van der Waals surface area contributed by atoms with E-state index in [0.717, 1.165) is 31.6 Å². The number of carbonyl (C=O) groups excluding carboxylic acids is 1. The number of anilines is 2. The number of amides is 1. The molecule has 9 heteroatoms. The van der Waals surface area contributed by atoms with Gasteiger partial charge in [-0.05, 0) is 48.7 Å². The molecule has 2 heterocycles. The number of hydrogen-bond donors (Lipinski definition) is 1. The van der Waals surface area contributed by atoms with Gasteiger partial charge in [-0.25, -0.2) is 9.29 Å². The third-order valence-electron chi connectivity index (χ3n) is 5.60. The zero-order chi connectivity index (χ0) is 24.2. The Balaban J connectivity index is 0.00000228. The first kappa shape index (κ1) is 30.5. The van der Waals surface area contributed by atoms with Crippen LogP contribution in [0.5, 0.6) is 5.75 Å². The van der Waals surface area contributed by atoms with Gasteiger partial charge in [-0.1, -0.05) is 17.7 Å². The second-order valence-corrected chi connectivity index (χ2v) is 8.64. The molecule has 1 amide bonds. The van der Waals surface area contributed by atoms with E-state index in [4.69, 9.17) is 11.6 Å². The molecule has 4 rings (SSSR count). The van der Waals surface area contributed by atoms with Crippen molar-refractivity contribution in [3.05, 3.63) is 67.1 Å². The number of phenolic OH excluding ortho intramolecular Hbond substituents is 1. The summed E-state index contributed by atoms with van der Waals surface area (Å²) >= 11 is 6.44. The van der Waals surface area contributed by atoms with E-state index in [0.29, 0.717) is 28.8 Å². The summed E-state index contributed by atoms with van der Waals surface area (Å²) in [6, 6.07) is 14.8. The number of phenols is 1. The van der Waals surface area contributed by atoms with Crippen LogP contribution in [0.1, 0.15) is 12.8 Å². The van der Waals surface area contributed by atoms with Gasteiger partial charge < -0.3 is 22.3 Å². The molecule has 182 valence electrons. The van der Waals surface area contributed by atoms with Gasteiger partial charge in [0, 0.05) is 62.2 Å². The maximum Gasteiger partial charge on any atom is 1.00 e. The summed E-state index contributed by atoms with van der Waals surface area (Å²) in [4.78, 5) is 20.8. The quantitative estimate of drug-likeness (QED) is 0.204. The van der Waals surface area contributed by atoms with Crippen molar-refractivity contribution in [2.75, 3.05) is 37.0 Å². The Morgan fingerprint density at radius 3 is 2.33 bits per heavy atom. The zero-order valence-electron chi connectivity index (χ0n) is 20.9. The molecule has 0 unspecified atom stereocenters. The predicted molar refractivity (Wildman–Crippen MR) is 140 cm³/mol. The van der Waals surface area contributed by atoms with Crippen molar-refractivity contribution in [2.45, 2.75) is 12.8 Å². The van der Waals surface area contributed by atoms with E-state index in [9.17, 15) is 14.3 Å². The first-order chi connectivity index (χ1) is 16.4. The minimum atomic E-state index is -0.499. The summed E-state index contributed by atoms with van der Waals surface area (Å²) in [7, 11) is 3.50. The van der Waals surface area contributed by atoms with Gasteiger partial charge in [-0.2, -0.15) is 0 Å². The van der Waals surface area contributed by atoms with Gasteiger partial charge in [-0.3, -0.25) is 9.78 Å². The van der Waals surface area contributed by atoms with Crippen LogP contribution in [0.2, 0.25) is 5.02 Å². The van der Waals surface area contributed by atoms with Crippen LogP contribution in [-0.4, -0.2) is 48.6 Å². The molecule has 0 spiro atoms. The summed E-state index contributed by atoms with van der Waals surface area (Å²) in [5.74, 6) is -0.578. The minimum absolute atomic E-state index is 0. The molecule has 0 saturated carbocycles. The monoisotopic (exact) mass is 626 g/mol. The SMILES string of the molecule is CN(C)C#CN(C=O)c1ccc(-c2cc(F)cc(-c3cncc(N4CCCC4)c3)c2O)cc1Cl.[CH3-].[Cs+]. The van der Waals surface area contributed by atoms with Crippen LogP contribution in [0.15, 0.2) is 48.8 Å². The van der Waals surface area contributed by atoms with Gasteiger partial charge in [0.25, 0.3) is 0 Å². The number of halogens is 2. The van der Waals surface area contributed by atoms with Crippen LogP contribution in [0, 0.1) is 25.3 Å². The minimum Gasteiger partial charge on any atom is -0.507 e. The Morgan fingerprint density at radius 1 is 1.06 bits per heavy atom. The van der Waals surface area contributed by atoms with Crippen LogP contribution >= 0.6 is 11.6 Å². The van der Waals surface area contributed by atoms with Crippen molar-refractivity contribution in [3.63, 3.8) is 0 Å². The number of rotatable bonds is 5. The summed E-state index contributed by atoms with van der Waals surface area (Å²) in [6.45, 7) is 1.90. The Hall–Kier alpha value is -1.71. The standard InChI is InChI=1S/C26H24ClFN4O2.CH3.Cs/c1-30(2)9-10-32(17-33)25-6-5-18(12-24(25)27)22-13-20(28)14-23(26(22)34)19-11-21(16-29-15-19)31-7-3-4-8-31;;/h5-6,11-17,34H,3-4,7-8H2,1-2H3;1H3;/q;-1;+1. The number of hydrogen-bond acceptors (Lipinski definition) is 5. The molecule has 0 bridgehead atoms. The topological polar surface area (TPSA) is 59.9 Å². The molecule has 1 aliphatic rings. The molecule has 0 atom stereocenters. The van der Waals surface area contributed by atoms with Crippen LogP contribution in [0.3, 0.4) is 0 Å². The summed E-state index contributed by atoms with van der Waals surface area (Å²) < 4.78 is 14.7. The van der Waals surface area contributed by atoms with E-state index in [1.165, 1.54) is 17.0 Å². The predicted octanol–water partition coefficient (Wildman–Crippen LogP) is 2.41. The van der Waals surface area contributed by atoms with Gasteiger partial charge in [0.1, 0.15) is 11.6 Å². The van der Waals surface area contributed by atoms with Gasteiger partial charge in [0.2, 0.25) is 6.41 Å². The third-order valence-corrected chi connectivity index (χ3v) is 5.90. The second kappa shape index (κ2) is 13.7. The van der Waals surface area contributed by atoms with Crippen LogP contribution in [0.25, 0.3) is 22.3 Å². The molecule has 2 aromatic carbocycles. The Kier molecular flexibility index (Phi) is 11.6. The Bertz CT molecular complexity index is 1290. The molecule has 0 aliphatic carbocycles. The first-order valence-corrected chi connectivity index (χ1v) is 11.2. The molecule has 1 fully saturated rings. The molecule has 1 saturated heterocycles. The maximum absolute atomic E-state index is 14.7. The van der Waals surface area contributed by atoms with Crippen LogP contribution in [-0.2, 0) is 4.79 Å². The average molecular weight is 627 g/mol. The number of pyridine rings is 1. The van der Waals surface area contributed by atoms with Gasteiger partial charge in [-0.15, -0.1) is 0 Å². The zero-order valence-corrected chi connectivity index (χ0v) is 28.0. The number of aromatic hydroxyl groups is 1. The fraction of sp³-hybridized carbons (Fsp3) is 0.222. The largest absolute Gasteiger partial charge is 1.00 e. The van der Waals surface area contributed by atoms with E-state index >= 15 is 0 Å². The van der Waals surface area contributed by atoms with E-state index in [2.05, 4.69) is 22.0 Å². The van der Waals surface area contributed by atoms with E-state index < -0.39 is 5.82 Å². The molecular weight excluding hydrogens is 600 g/mol. The third kappa shape index (κ3) is 6.98. The van der Waals surface area contributed by atoms with Crippen LogP contribution < -0.4 is 78.7 Å².